The minimum absolute atomic E-state index is 0.0826. The van der Waals surface area contributed by atoms with E-state index in [0.29, 0.717) is 0 Å². The van der Waals surface area contributed by atoms with E-state index in [9.17, 15) is 4.79 Å². The first-order valence-corrected chi connectivity index (χ1v) is 7.95. The monoisotopic (exact) mass is 303 g/mol. The summed E-state index contributed by atoms with van der Waals surface area (Å²) in [4.78, 5) is 12.7. The third-order valence-corrected chi connectivity index (χ3v) is 4.10. The smallest absolute Gasteiger partial charge is 0.209 e. The second-order valence-corrected chi connectivity index (χ2v) is 6.02. The maximum Gasteiger partial charge on any atom is 0.209 e. The second-order valence-electron chi connectivity index (χ2n) is 6.02. The summed E-state index contributed by atoms with van der Waals surface area (Å²) in [6.07, 6.45) is 2.90. The molecule has 2 aromatic carbocycles. The molecular formula is C21H21NO. The molecule has 23 heavy (non-hydrogen) atoms. The zero-order chi connectivity index (χ0) is 16.2. The lowest BCUT2D eigenvalue weighted by atomic mass is 10.1. The highest BCUT2D eigenvalue weighted by molar-refractivity contribution is 6.08. The molecule has 1 heterocycles. The van der Waals surface area contributed by atoms with Crippen LogP contribution in [0, 0.1) is 13.8 Å². The molecule has 0 aliphatic heterocycles. The number of nitrogens with zero attached hydrogens (tertiary/aromatic N) is 1. The molecule has 2 nitrogen and oxygen atoms in total. The minimum Gasteiger partial charge on any atom is -0.344 e. The normalized spacial score (nSPS) is 10.7. The standard InChI is InChI=1S/C21H21NO/c1-16-8-10-19(11-9-16)21(23)20-7-4-13-22(20)14-12-18-6-3-5-17(2)15-18/h3-11,13,15H,12,14H2,1-2H3. The summed E-state index contributed by atoms with van der Waals surface area (Å²) in [5, 5.41) is 0. The zero-order valence-electron chi connectivity index (χ0n) is 13.6. The van der Waals surface area contributed by atoms with Crippen molar-refractivity contribution in [2.45, 2.75) is 26.8 Å². The van der Waals surface area contributed by atoms with Crippen LogP contribution in [-0.2, 0) is 13.0 Å². The number of carbonyl (C=O) groups is 1. The Morgan fingerprint density at radius 1 is 0.913 bits per heavy atom. The quantitative estimate of drug-likeness (QED) is 0.632. The maximum atomic E-state index is 12.7. The van der Waals surface area contributed by atoms with Crippen molar-refractivity contribution >= 4 is 5.78 Å². The fraction of sp³-hybridized carbons (Fsp3) is 0.190. The number of carbonyl (C=O) groups excluding carboxylic acids is 1. The van der Waals surface area contributed by atoms with Gasteiger partial charge in [-0.2, -0.15) is 0 Å². The maximum absolute atomic E-state index is 12.7. The third kappa shape index (κ3) is 3.59. The van der Waals surface area contributed by atoms with Gasteiger partial charge in [0.25, 0.3) is 0 Å². The molecule has 0 bridgehead atoms. The zero-order valence-corrected chi connectivity index (χ0v) is 13.6. The van der Waals surface area contributed by atoms with E-state index in [0.717, 1.165) is 29.8 Å². The summed E-state index contributed by atoms with van der Waals surface area (Å²) in [7, 11) is 0. The van der Waals surface area contributed by atoms with E-state index in [1.54, 1.807) is 0 Å². The molecule has 0 spiro atoms. The van der Waals surface area contributed by atoms with Crippen LogP contribution in [0.5, 0.6) is 0 Å². The Morgan fingerprint density at radius 3 is 2.43 bits per heavy atom. The molecule has 0 unspecified atom stereocenters. The number of rotatable bonds is 5. The molecule has 1 aromatic heterocycles. The number of hydrogen-bond donors (Lipinski definition) is 0. The lowest BCUT2D eigenvalue weighted by Crippen LogP contribution is -2.11. The Balaban J connectivity index is 1.76. The average molecular weight is 303 g/mol. The van der Waals surface area contributed by atoms with Gasteiger partial charge < -0.3 is 4.57 Å². The van der Waals surface area contributed by atoms with E-state index in [4.69, 9.17) is 0 Å². The Labute approximate surface area is 137 Å². The van der Waals surface area contributed by atoms with Crippen LogP contribution < -0.4 is 0 Å². The van der Waals surface area contributed by atoms with Gasteiger partial charge in [-0.25, -0.2) is 0 Å². The van der Waals surface area contributed by atoms with Gasteiger partial charge in [-0.15, -0.1) is 0 Å². The van der Waals surface area contributed by atoms with Crippen LogP contribution >= 0.6 is 0 Å². The van der Waals surface area contributed by atoms with Crippen molar-refractivity contribution in [1.29, 1.82) is 0 Å². The Hall–Kier alpha value is -2.61. The van der Waals surface area contributed by atoms with Crippen LogP contribution in [0.4, 0.5) is 0 Å². The summed E-state index contributed by atoms with van der Waals surface area (Å²) < 4.78 is 2.05. The van der Waals surface area contributed by atoms with Gasteiger partial charge in [-0.3, -0.25) is 4.79 Å². The average Bonchev–Trinajstić information content (AvgIpc) is 3.01. The molecule has 2 heteroatoms. The molecule has 0 saturated carbocycles. The first kappa shape index (κ1) is 15.3. The van der Waals surface area contributed by atoms with Gasteiger partial charge in [-0.05, 0) is 38.0 Å². The highest BCUT2D eigenvalue weighted by Gasteiger charge is 2.13. The lowest BCUT2D eigenvalue weighted by Gasteiger charge is -2.09. The highest BCUT2D eigenvalue weighted by atomic mass is 16.1. The van der Waals surface area contributed by atoms with Crippen LogP contribution in [0.3, 0.4) is 0 Å². The van der Waals surface area contributed by atoms with Gasteiger partial charge in [0.2, 0.25) is 5.78 Å². The Morgan fingerprint density at radius 2 is 1.70 bits per heavy atom. The highest BCUT2D eigenvalue weighted by Crippen LogP contribution is 2.13. The van der Waals surface area contributed by atoms with E-state index in [1.807, 2.05) is 54.1 Å². The first-order chi connectivity index (χ1) is 11.1. The number of ketones is 1. The van der Waals surface area contributed by atoms with Crippen LogP contribution in [-0.4, -0.2) is 10.4 Å². The van der Waals surface area contributed by atoms with Crippen LogP contribution in [0.25, 0.3) is 0 Å². The molecule has 0 amide bonds. The SMILES string of the molecule is Cc1ccc(C(=O)c2cccn2CCc2cccc(C)c2)cc1. The van der Waals surface area contributed by atoms with Crippen molar-refractivity contribution in [2.24, 2.45) is 0 Å². The molecule has 3 rings (SSSR count). The fourth-order valence-corrected chi connectivity index (χ4v) is 2.79. The first-order valence-electron chi connectivity index (χ1n) is 7.95. The number of aromatic nitrogens is 1. The van der Waals surface area contributed by atoms with Crippen LogP contribution in [0.1, 0.15) is 32.7 Å². The molecule has 0 N–H and O–H groups in total. The van der Waals surface area contributed by atoms with E-state index in [-0.39, 0.29) is 5.78 Å². The van der Waals surface area contributed by atoms with Crippen molar-refractivity contribution in [1.82, 2.24) is 4.57 Å². The minimum atomic E-state index is 0.0826. The van der Waals surface area contributed by atoms with Gasteiger partial charge in [0, 0.05) is 18.3 Å². The van der Waals surface area contributed by atoms with E-state index < -0.39 is 0 Å². The van der Waals surface area contributed by atoms with Gasteiger partial charge >= 0.3 is 0 Å². The molecule has 0 aliphatic rings. The predicted octanol–water partition coefficient (Wildman–Crippen LogP) is 4.58. The molecule has 3 aromatic rings. The fourth-order valence-electron chi connectivity index (χ4n) is 2.79. The van der Waals surface area contributed by atoms with Gasteiger partial charge in [0.15, 0.2) is 0 Å². The van der Waals surface area contributed by atoms with Crippen molar-refractivity contribution in [3.8, 4) is 0 Å². The number of benzene rings is 2. The topological polar surface area (TPSA) is 22.0 Å². The summed E-state index contributed by atoms with van der Waals surface area (Å²) in [5.41, 5.74) is 5.22. The van der Waals surface area contributed by atoms with Gasteiger partial charge in [-0.1, -0.05) is 59.7 Å². The number of hydrogen-bond acceptors (Lipinski definition) is 1. The van der Waals surface area contributed by atoms with E-state index >= 15 is 0 Å². The van der Waals surface area contributed by atoms with E-state index in [2.05, 4.69) is 31.2 Å². The van der Waals surface area contributed by atoms with Gasteiger partial charge in [0.1, 0.15) is 0 Å². The third-order valence-electron chi connectivity index (χ3n) is 4.10. The predicted molar refractivity (Wildman–Crippen MR) is 93.9 cm³/mol. The lowest BCUT2D eigenvalue weighted by molar-refractivity contribution is 0.103. The van der Waals surface area contributed by atoms with Crippen molar-refractivity contribution in [3.63, 3.8) is 0 Å². The van der Waals surface area contributed by atoms with Crippen LogP contribution in [0.15, 0.2) is 66.9 Å². The summed E-state index contributed by atoms with van der Waals surface area (Å²) in [5.74, 6) is 0.0826. The molecule has 0 atom stereocenters. The van der Waals surface area contributed by atoms with Crippen LogP contribution in [0.2, 0.25) is 0 Å². The van der Waals surface area contributed by atoms with Crippen molar-refractivity contribution in [2.75, 3.05) is 0 Å². The second kappa shape index (κ2) is 6.66. The van der Waals surface area contributed by atoms with Crippen molar-refractivity contribution in [3.05, 3.63) is 94.8 Å². The molecular weight excluding hydrogens is 282 g/mol. The largest absolute Gasteiger partial charge is 0.344 e. The summed E-state index contributed by atoms with van der Waals surface area (Å²) >= 11 is 0. The van der Waals surface area contributed by atoms with Crippen molar-refractivity contribution < 1.29 is 4.79 Å². The molecule has 0 fully saturated rings. The Kier molecular flexibility index (Phi) is 4.42. The molecule has 0 aliphatic carbocycles. The summed E-state index contributed by atoms with van der Waals surface area (Å²) in [6, 6.07) is 20.1. The summed E-state index contributed by atoms with van der Waals surface area (Å²) in [6.45, 7) is 4.94. The van der Waals surface area contributed by atoms with E-state index in [1.165, 1.54) is 11.1 Å². The molecule has 0 radical (unpaired) electrons. The molecule has 116 valence electrons. The molecule has 0 saturated heterocycles. The number of aryl methyl sites for hydroxylation is 4. The van der Waals surface area contributed by atoms with Gasteiger partial charge in [0.05, 0.1) is 5.69 Å². The Bertz CT molecular complexity index is 812.